The third-order valence-electron chi connectivity index (χ3n) is 3.50. The molecule has 1 aliphatic heterocycles. The van der Waals surface area contributed by atoms with Crippen LogP contribution in [-0.2, 0) is 0 Å². The van der Waals surface area contributed by atoms with E-state index >= 15 is 0 Å². The number of nitrogens with one attached hydrogen (secondary N) is 2. The highest BCUT2D eigenvalue weighted by molar-refractivity contribution is 5.25. The number of likely N-dealkylation sites (N-methyl/N-ethyl adjacent to an activating group) is 1. The average molecular weight is 218 g/mol. The smallest absolute Gasteiger partial charge is 0.0473 e. The molecule has 0 aromatic heterocycles. The first-order chi connectivity index (χ1) is 7.81. The molecule has 1 aromatic rings. The van der Waals surface area contributed by atoms with Gasteiger partial charge in [-0.1, -0.05) is 36.2 Å². The highest BCUT2D eigenvalue weighted by Crippen LogP contribution is 2.22. The van der Waals surface area contributed by atoms with Gasteiger partial charge >= 0.3 is 0 Å². The van der Waals surface area contributed by atoms with Crippen molar-refractivity contribution in [1.82, 2.24) is 10.6 Å². The van der Waals surface area contributed by atoms with Crippen molar-refractivity contribution in [1.29, 1.82) is 0 Å². The van der Waals surface area contributed by atoms with E-state index in [2.05, 4.69) is 48.9 Å². The normalized spacial score (nSPS) is 23.0. The lowest BCUT2D eigenvalue weighted by molar-refractivity contribution is 0.326. The highest BCUT2D eigenvalue weighted by Gasteiger charge is 2.22. The van der Waals surface area contributed by atoms with E-state index in [0.29, 0.717) is 12.1 Å². The molecule has 0 radical (unpaired) electrons. The Kier molecular flexibility index (Phi) is 3.97. The van der Waals surface area contributed by atoms with Crippen molar-refractivity contribution in [3.8, 4) is 0 Å². The Hall–Kier alpha value is -0.860. The minimum Gasteiger partial charge on any atom is -0.312 e. The van der Waals surface area contributed by atoms with Crippen LogP contribution in [0.4, 0.5) is 0 Å². The fourth-order valence-electron chi connectivity index (χ4n) is 2.54. The molecule has 1 aliphatic rings. The molecule has 2 heteroatoms. The molecule has 2 nitrogen and oxygen atoms in total. The van der Waals surface area contributed by atoms with Crippen LogP contribution in [-0.4, -0.2) is 19.6 Å². The third-order valence-corrected chi connectivity index (χ3v) is 3.50. The molecule has 0 saturated carbocycles. The summed E-state index contributed by atoms with van der Waals surface area (Å²) in [5, 5.41) is 7.07. The van der Waals surface area contributed by atoms with Gasteiger partial charge in [-0.15, -0.1) is 0 Å². The summed E-state index contributed by atoms with van der Waals surface area (Å²) in [6.07, 6.45) is 3.95. The van der Waals surface area contributed by atoms with Crippen LogP contribution in [0.3, 0.4) is 0 Å². The summed E-state index contributed by atoms with van der Waals surface area (Å²) in [5.41, 5.74) is 2.72. The molecule has 1 heterocycles. The fourth-order valence-corrected chi connectivity index (χ4v) is 2.54. The maximum absolute atomic E-state index is 3.62. The van der Waals surface area contributed by atoms with Crippen LogP contribution in [0.1, 0.15) is 36.4 Å². The Morgan fingerprint density at radius 1 is 1.25 bits per heavy atom. The molecule has 1 fully saturated rings. The molecule has 0 amide bonds. The van der Waals surface area contributed by atoms with E-state index in [1.165, 1.54) is 30.4 Å². The van der Waals surface area contributed by atoms with Crippen LogP contribution >= 0.6 is 0 Å². The monoisotopic (exact) mass is 218 g/mol. The Bertz CT molecular complexity index is 312. The number of rotatable bonds is 3. The SMILES string of the molecule is CNC(c1ccc(C)cc1)C1CCCCN1. The van der Waals surface area contributed by atoms with Crippen molar-refractivity contribution in [2.24, 2.45) is 0 Å². The Balaban J connectivity index is 2.11. The standard InChI is InChI=1S/C14H22N2/c1-11-6-8-12(9-7-11)14(15-2)13-5-3-4-10-16-13/h6-9,13-16H,3-5,10H2,1-2H3. The van der Waals surface area contributed by atoms with Gasteiger partial charge in [-0.25, -0.2) is 0 Å². The zero-order valence-corrected chi connectivity index (χ0v) is 10.3. The molecule has 88 valence electrons. The third kappa shape index (κ3) is 2.63. The first-order valence-corrected chi connectivity index (χ1v) is 6.28. The lowest BCUT2D eigenvalue weighted by Gasteiger charge is -2.31. The van der Waals surface area contributed by atoms with Gasteiger partial charge in [0.1, 0.15) is 0 Å². The van der Waals surface area contributed by atoms with Crippen molar-refractivity contribution in [3.05, 3.63) is 35.4 Å². The van der Waals surface area contributed by atoms with Crippen molar-refractivity contribution in [3.63, 3.8) is 0 Å². The van der Waals surface area contributed by atoms with Gasteiger partial charge in [-0.2, -0.15) is 0 Å². The maximum Gasteiger partial charge on any atom is 0.0473 e. The number of hydrogen-bond acceptors (Lipinski definition) is 2. The lowest BCUT2D eigenvalue weighted by atomic mass is 9.92. The summed E-state index contributed by atoms with van der Waals surface area (Å²) >= 11 is 0. The number of hydrogen-bond donors (Lipinski definition) is 2. The summed E-state index contributed by atoms with van der Waals surface area (Å²) in [4.78, 5) is 0. The summed E-state index contributed by atoms with van der Waals surface area (Å²) in [6.45, 7) is 3.30. The van der Waals surface area contributed by atoms with E-state index in [1.54, 1.807) is 0 Å². The minimum absolute atomic E-state index is 0.445. The van der Waals surface area contributed by atoms with Gasteiger partial charge in [0, 0.05) is 12.1 Å². The molecular weight excluding hydrogens is 196 g/mol. The topological polar surface area (TPSA) is 24.1 Å². The predicted octanol–water partition coefficient (Wildman–Crippen LogP) is 2.40. The van der Waals surface area contributed by atoms with Crippen LogP contribution in [0.25, 0.3) is 0 Å². The second-order valence-electron chi connectivity index (χ2n) is 4.73. The zero-order valence-electron chi connectivity index (χ0n) is 10.3. The van der Waals surface area contributed by atoms with Crippen molar-refractivity contribution >= 4 is 0 Å². The Morgan fingerprint density at radius 3 is 2.56 bits per heavy atom. The van der Waals surface area contributed by atoms with Crippen molar-refractivity contribution in [2.75, 3.05) is 13.6 Å². The molecule has 2 atom stereocenters. The van der Waals surface area contributed by atoms with E-state index in [9.17, 15) is 0 Å². The summed E-state index contributed by atoms with van der Waals surface area (Å²) in [6, 6.07) is 9.91. The fraction of sp³-hybridized carbons (Fsp3) is 0.571. The van der Waals surface area contributed by atoms with E-state index in [-0.39, 0.29) is 0 Å². The first kappa shape index (κ1) is 11.6. The van der Waals surface area contributed by atoms with Gasteiger partial charge in [0.05, 0.1) is 0 Å². The molecule has 0 spiro atoms. The Labute approximate surface area is 98.4 Å². The summed E-state index contributed by atoms with van der Waals surface area (Å²) in [5.74, 6) is 0. The number of aryl methyl sites for hydroxylation is 1. The van der Waals surface area contributed by atoms with E-state index in [1.807, 2.05) is 0 Å². The Morgan fingerprint density at radius 2 is 2.00 bits per heavy atom. The minimum atomic E-state index is 0.445. The van der Waals surface area contributed by atoms with E-state index in [4.69, 9.17) is 0 Å². The summed E-state index contributed by atoms with van der Waals surface area (Å²) < 4.78 is 0. The van der Waals surface area contributed by atoms with Gasteiger partial charge < -0.3 is 10.6 Å². The predicted molar refractivity (Wildman–Crippen MR) is 68.6 cm³/mol. The average Bonchev–Trinajstić information content (AvgIpc) is 2.34. The maximum atomic E-state index is 3.62. The largest absolute Gasteiger partial charge is 0.312 e. The van der Waals surface area contributed by atoms with Gasteiger partial charge in [-0.3, -0.25) is 0 Å². The zero-order chi connectivity index (χ0) is 11.4. The molecule has 0 bridgehead atoms. The molecule has 2 rings (SSSR count). The first-order valence-electron chi connectivity index (χ1n) is 6.28. The molecule has 2 unspecified atom stereocenters. The van der Waals surface area contributed by atoms with E-state index in [0.717, 1.165) is 6.54 Å². The molecule has 0 aliphatic carbocycles. The second-order valence-corrected chi connectivity index (χ2v) is 4.73. The van der Waals surface area contributed by atoms with Crippen molar-refractivity contribution in [2.45, 2.75) is 38.3 Å². The van der Waals surface area contributed by atoms with Gasteiger partial charge in [0.15, 0.2) is 0 Å². The molecule has 2 N–H and O–H groups in total. The van der Waals surface area contributed by atoms with Crippen LogP contribution in [0, 0.1) is 6.92 Å². The van der Waals surface area contributed by atoms with Gasteiger partial charge in [0.2, 0.25) is 0 Å². The van der Waals surface area contributed by atoms with Gasteiger partial charge in [0.25, 0.3) is 0 Å². The van der Waals surface area contributed by atoms with Crippen molar-refractivity contribution < 1.29 is 0 Å². The highest BCUT2D eigenvalue weighted by atomic mass is 15.0. The lowest BCUT2D eigenvalue weighted by Crippen LogP contribution is -2.43. The molecular formula is C14H22N2. The molecule has 1 aromatic carbocycles. The quantitative estimate of drug-likeness (QED) is 0.814. The number of benzene rings is 1. The van der Waals surface area contributed by atoms with Gasteiger partial charge in [-0.05, 0) is 38.9 Å². The molecule has 16 heavy (non-hydrogen) atoms. The van der Waals surface area contributed by atoms with Crippen LogP contribution in [0.2, 0.25) is 0 Å². The van der Waals surface area contributed by atoms with Crippen LogP contribution in [0.5, 0.6) is 0 Å². The van der Waals surface area contributed by atoms with Crippen LogP contribution < -0.4 is 10.6 Å². The molecule has 1 saturated heterocycles. The summed E-state index contributed by atoms with van der Waals surface area (Å²) in [7, 11) is 2.06. The van der Waals surface area contributed by atoms with E-state index < -0.39 is 0 Å². The second kappa shape index (κ2) is 5.46. The number of piperidine rings is 1. The van der Waals surface area contributed by atoms with Crippen LogP contribution in [0.15, 0.2) is 24.3 Å².